The van der Waals surface area contributed by atoms with Gasteiger partial charge in [0.15, 0.2) is 5.78 Å². The van der Waals surface area contributed by atoms with Crippen LogP contribution in [0.1, 0.15) is 31.1 Å². The minimum atomic E-state index is -0.826. The van der Waals surface area contributed by atoms with E-state index in [-0.39, 0.29) is 5.78 Å². The van der Waals surface area contributed by atoms with Gasteiger partial charge in [-0.05, 0) is 45.0 Å². The van der Waals surface area contributed by atoms with Crippen molar-refractivity contribution in [3.05, 3.63) is 29.8 Å². The molecular weight excluding hydrogens is 190 g/mol. The third-order valence-electron chi connectivity index (χ3n) is 2.01. The number of carbonyl (C=O) groups is 1. The number of hydrogen-bond acceptors (Lipinski definition) is 3. The van der Waals surface area contributed by atoms with E-state index in [2.05, 4.69) is 0 Å². The number of rotatable bonds is 4. The van der Waals surface area contributed by atoms with Crippen LogP contribution in [0.15, 0.2) is 24.3 Å². The first-order chi connectivity index (χ1) is 6.95. The molecule has 3 heteroatoms. The van der Waals surface area contributed by atoms with Crippen molar-refractivity contribution in [2.75, 3.05) is 6.61 Å². The standard InChI is InChI=1S/C12H17NO2/c1-4-15-10-7-5-9(6-8-10)11(14)12(2,3)13/h5-8H,4,13H2,1-3H3. The SMILES string of the molecule is CCOc1ccc(C(=O)C(C)(C)N)cc1. The molecule has 0 unspecified atom stereocenters. The quantitative estimate of drug-likeness (QED) is 0.768. The molecule has 2 N–H and O–H groups in total. The van der Waals surface area contributed by atoms with Gasteiger partial charge >= 0.3 is 0 Å². The molecule has 0 fully saturated rings. The summed E-state index contributed by atoms with van der Waals surface area (Å²) in [5.41, 5.74) is 5.52. The highest BCUT2D eigenvalue weighted by Gasteiger charge is 2.23. The Balaban J connectivity index is 2.85. The molecule has 0 radical (unpaired) electrons. The van der Waals surface area contributed by atoms with Crippen LogP contribution in [-0.2, 0) is 0 Å². The number of benzene rings is 1. The number of nitrogens with two attached hydrogens (primary N) is 1. The van der Waals surface area contributed by atoms with Crippen molar-refractivity contribution in [1.82, 2.24) is 0 Å². The summed E-state index contributed by atoms with van der Waals surface area (Å²) in [6.45, 7) is 5.94. The summed E-state index contributed by atoms with van der Waals surface area (Å²) in [6, 6.07) is 7.04. The van der Waals surface area contributed by atoms with Crippen LogP contribution in [-0.4, -0.2) is 17.9 Å². The second-order valence-electron chi connectivity index (χ2n) is 4.01. The van der Waals surface area contributed by atoms with Crippen molar-refractivity contribution < 1.29 is 9.53 Å². The van der Waals surface area contributed by atoms with Crippen LogP contribution >= 0.6 is 0 Å². The van der Waals surface area contributed by atoms with Gasteiger partial charge in [0, 0.05) is 5.56 Å². The minimum absolute atomic E-state index is 0.0643. The smallest absolute Gasteiger partial charge is 0.182 e. The molecule has 0 saturated heterocycles. The maximum atomic E-state index is 11.8. The van der Waals surface area contributed by atoms with Crippen LogP contribution in [0.25, 0.3) is 0 Å². The Morgan fingerprint density at radius 2 is 1.87 bits per heavy atom. The number of ether oxygens (including phenoxy) is 1. The molecule has 0 saturated carbocycles. The monoisotopic (exact) mass is 207 g/mol. The number of Topliss-reactive ketones (excluding diaryl/α,β-unsaturated/α-hetero) is 1. The Morgan fingerprint density at radius 3 is 2.27 bits per heavy atom. The van der Waals surface area contributed by atoms with E-state index in [1.807, 2.05) is 6.92 Å². The number of carbonyl (C=O) groups excluding carboxylic acids is 1. The molecule has 1 aromatic rings. The highest BCUT2D eigenvalue weighted by molar-refractivity contribution is 6.02. The fraction of sp³-hybridized carbons (Fsp3) is 0.417. The first-order valence-corrected chi connectivity index (χ1v) is 5.01. The Hall–Kier alpha value is -1.35. The first-order valence-electron chi connectivity index (χ1n) is 5.01. The van der Waals surface area contributed by atoms with E-state index in [0.29, 0.717) is 12.2 Å². The second-order valence-corrected chi connectivity index (χ2v) is 4.01. The van der Waals surface area contributed by atoms with Crippen molar-refractivity contribution in [2.45, 2.75) is 26.3 Å². The largest absolute Gasteiger partial charge is 0.494 e. The van der Waals surface area contributed by atoms with E-state index in [9.17, 15) is 4.79 Å². The van der Waals surface area contributed by atoms with Crippen LogP contribution in [0.5, 0.6) is 5.75 Å². The highest BCUT2D eigenvalue weighted by Crippen LogP contribution is 2.15. The number of hydrogen-bond donors (Lipinski definition) is 1. The lowest BCUT2D eigenvalue weighted by Gasteiger charge is -2.16. The van der Waals surface area contributed by atoms with E-state index in [1.54, 1.807) is 38.1 Å². The second kappa shape index (κ2) is 4.45. The van der Waals surface area contributed by atoms with Crippen molar-refractivity contribution in [2.24, 2.45) is 5.73 Å². The third-order valence-corrected chi connectivity index (χ3v) is 2.01. The predicted octanol–water partition coefficient (Wildman–Crippen LogP) is 2.01. The normalized spacial score (nSPS) is 11.2. The summed E-state index contributed by atoms with van der Waals surface area (Å²) < 4.78 is 5.28. The molecule has 0 spiro atoms. The average Bonchev–Trinajstić information content (AvgIpc) is 2.17. The molecule has 0 aliphatic heterocycles. The summed E-state index contributed by atoms with van der Waals surface area (Å²) in [6.07, 6.45) is 0. The Morgan fingerprint density at radius 1 is 1.33 bits per heavy atom. The topological polar surface area (TPSA) is 52.3 Å². The van der Waals surface area contributed by atoms with Crippen molar-refractivity contribution in [3.63, 3.8) is 0 Å². The van der Waals surface area contributed by atoms with Crippen LogP contribution in [0.2, 0.25) is 0 Å². The summed E-state index contributed by atoms with van der Waals surface area (Å²) in [4.78, 5) is 11.8. The van der Waals surface area contributed by atoms with Crippen LogP contribution in [0.3, 0.4) is 0 Å². The van der Waals surface area contributed by atoms with Gasteiger partial charge in [-0.3, -0.25) is 4.79 Å². The van der Waals surface area contributed by atoms with E-state index >= 15 is 0 Å². The lowest BCUT2D eigenvalue weighted by molar-refractivity contribution is 0.0913. The molecular formula is C12H17NO2. The molecule has 0 bridgehead atoms. The van der Waals surface area contributed by atoms with Gasteiger partial charge in [0.05, 0.1) is 12.1 Å². The zero-order chi connectivity index (χ0) is 11.5. The molecule has 1 rings (SSSR count). The minimum Gasteiger partial charge on any atom is -0.494 e. The van der Waals surface area contributed by atoms with Gasteiger partial charge in [-0.25, -0.2) is 0 Å². The predicted molar refractivity (Wildman–Crippen MR) is 60.2 cm³/mol. The van der Waals surface area contributed by atoms with Gasteiger partial charge < -0.3 is 10.5 Å². The van der Waals surface area contributed by atoms with E-state index in [0.717, 1.165) is 5.75 Å². The average molecular weight is 207 g/mol. The Kier molecular flexibility index (Phi) is 3.48. The molecule has 3 nitrogen and oxygen atoms in total. The fourth-order valence-corrected chi connectivity index (χ4v) is 1.24. The molecule has 82 valence electrons. The van der Waals surface area contributed by atoms with E-state index < -0.39 is 5.54 Å². The molecule has 0 aliphatic carbocycles. The van der Waals surface area contributed by atoms with Gasteiger partial charge in [0.1, 0.15) is 5.75 Å². The molecule has 1 aromatic carbocycles. The van der Waals surface area contributed by atoms with Crippen molar-refractivity contribution in [1.29, 1.82) is 0 Å². The molecule has 0 heterocycles. The fourth-order valence-electron chi connectivity index (χ4n) is 1.24. The molecule has 0 aromatic heterocycles. The summed E-state index contributed by atoms with van der Waals surface area (Å²) in [5, 5.41) is 0. The molecule has 0 atom stereocenters. The third kappa shape index (κ3) is 3.06. The maximum Gasteiger partial charge on any atom is 0.182 e. The van der Waals surface area contributed by atoms with Crippen LogP contribution in [0, 0.1) is 0 Å². The zero-order valence-electron chi connectivity index (χ0n) is 9.41. The molecule has 0 amide bonds. The Labute approximate surface area is 90.2 Å². The molecule has 15 heavy (non-hydrogen) atoms. The van der Waals surface area contributed by atoms with Crippen molar-refractivity contribution in [3.8, 4) is 5.75 Å². The summed E-state index contributed by atoms with van der Waals surface area (Å²) >= 11 is 0. The number of ketones is 1. The summed E-state index contributed by atoms with van der Waals surface area (Å²) in [7, 11) is 0. The Bertz CT molecular complexity index is 336. The van der Waals surface area contributed by atoms with Crippen molar-refractivity contribution >= 4 is 5.78 Å². The van der Waals surface area contributed by atoms with Crippen LogP contribution < -0.4 is 10.5 Å². The highest BCUT2D eigenvalue weighted by atomic mass is 16.5. The van der Waals surface area contributed by atoms with Gasteiger partial charge in [-0.2, -0.15) is 0 Å². The van der Waals surface area contributed by atoms with Gasteiger partial charge in [0.25, 0.3) is 0 Å². The van der Waals surface area contributed by atoms with E-state index in [1.165, 1.54) is 0 Å². The van der Waals surface area contributed by atoms with E-state index in [4.69, 9.17) is 10.5 Å². The summed E-state index contributed by atoms with van der Waals surface area (Å²) in [5.74, 6) is 0.703. The zero-order valence-corrected chi connectivity index (χ0v) is 9.41. The lowest BCUT2D eigenvalue weighted by Crippen LogP contribution is -2.41. The van der Waals surface area contributed by atoms with Gasteiger partial charge in [0.2, 0.25) is 0 Å². The first kappa shape index (κ1) is 11.7. The van der Waals surface area contributed by atoms with Gasteiger partial charge in [-0.1, -0.05) is 0 Å². The molecule has 0 aliphatic rings. The lowest BCUT2D eigenvalue weighted by atomic mass is 9.94. The van der Waals surface area contributed by atoms with Crippen LogP contribution in [0.4, 0.5) is 0 Å². The van der Waals surface area contributed by atoms with Gasteiger partial charge in [-0.15, -0.1) is 0 Å². The maximum absolute atomic E-state index is 11.8.